The van der Waals surface area contributed by atoms with Crippen LogP contribution in [-0.4, -0.2) is 18.1 Å². The van der Waals surface area contributed by atoms with Crippen LogP contribution in [0.5, 0.6) is 0 Å². The molecular formula is C14H23N3. The third kappa shape index (κ3) is 2.60. The summed E-state index contributed by atoms with van der Waals surface area (Å²) in [6, 6.07) is 2.04. The number of hydrogen-bond acceptors (Lipinski definition) is 3. The number of nitrogens with zero attached hydrogens (tertiary/aromatic N) is 2. The average Bonchev–Trinajstić information content (AvgIpc) is 2.28. The lowest BCUT2D eigenvalue weighted by atomic mass is 9.85. The van der Waals surface area contributed by atoms with Crippen molar-refractivity contribution in [2.24, 2.45) is 11.7 Å². The fourth-order valence-corrected chi connectivity index (χ4v) is 2.45. The van der Waals surface area contributed by atoms with Crippen molar-refractivity contribution in [1.29, 1.82) is 0 Å². The Labute approximate surface area is 104 Å². The predicted molar refractivity (Wildman–Crippen MR) is 72.1 cm³/mol. The molecule has 0 unspecified atom stereocenters. The second-order valence-electron chi connectivity index (χ2n) is 4.97. The van der Waals surface area contributed by atoms with Gasteiger partial charge in [0.1, 0.15) is 5.82 Å². The van der Waals surface area contributed by atoms with E-state index in [1.807, 2.05) is 12.3 Å². The van der Waals surface area contributed by atoms with E-state index in [1.165, 1.54) is 30.4 Å². The molecule has 1 aliphatic carbocycles. The number of anilines is 1. The molecule has 17 heavy (non-hydrogen) atoms. The Morgan fingerprint density at radius 2 is 2.24 bits per heavy atom. The van der Waals surface area contributed by atoms with E-state index >= 15 is 0 Å². The van der Waals surface area contributed by atoms with Gasteiger partial charge in [-0.25, -0.2) is 4.98 Å². The molecule has 0 aliphatic heterocycles. The Morgan fingerprint density at radius 3 is 2.76 bits per heavy atom. The number of nitrogens with two attached hydrogens (primary N) is 1. The van der Waals surface area contributed by atoms with Crippen LogP contribution in [0.2, 0.25) is 0 Å². The minimum atomic E-state index is 0.580. The molecule has 0 saturated heterocycles. The van der Waals surface area contributed by atoms with E-state index in [4.69, 9.17) is 5.73 Å². The second kappa shape index (κ2) is 5.50. The Hall–Kier alpha value is -1.09. The molecule has 0 spiro atoms. The summed E-state index contributed by atoms with van der Waals surface area (Å²) in [5, 5.41) is 0. The minimum absolute atomic E-state index is 0.580. The molecule has 1 fully saturated rings. The lowest BCUT2D eigenvalue weighted by molar-refractivity contribution is 0.318. The maximum absolute atomic E-state index is 5.85. The van der Waals surface area contributed by atoms with Gasteiger partial charge in [-0.1, -0.05) is 6.42 Å². The molecule has 1 aromatic heterocycles. The second-order valence-corrected chi connectivity index (χ2v) is 4.97. The van der Waals surface area contributed by atoms with Crippen molar-refractivity contribution < 1.29 is 0 Å². The van der Waals surface area contributed by atoms with Crippen LogP contribution in [0, 0.1) is 12.8 Å². The molecule has 1 heterocycles. The van der Waals surface area contributed by atoms with Crippen LogP contribution >= 0.6 is 0 Å². The van der Waals surface area contributed by atoms with Gasteiger partial charge < -0.3 is 10.6 Å². The first kappa shape index (κ1) is 12.4. The Morgan fingerprint density at radius 1 is 1.47 bits per heavy atom. The summed E-state index contributed by atoms with van der Waals surface area (Å²) in [7, 11) is 0. The fourth-order valence-electron chi connectivity index (χ4n) is 2.45. The number of pyridine rings is 1. The van der Waals surface area contributed by atoms with Crippen LogP contribution in [0.25, 0.3) is 0 Å². The van der Waals surface area contributed by atoms with Crippen LogP contribution in [-0.2, 0) is 6.54 Å². The largest absolute Gasteiger partial charge is 0.356 e. The number of aryl methyl sites for hydroxylation is 1. The lowest BCUT2D eigenvalue weighted by Gasteiger charge is -2.33. The van der Waals surface area contributed by atoms with Crippen LogP contribution in [0.15, 0.2) is 12.3 Å². The highest BCUT2D eigenvalue weighted by molar-refractivity contribution is 5.50. The summed E-state index contributed by atoms with van der Waals surface area (Å²) in [5.74, 6) is 1.96. The molecule has 3 nitrogen and oxygen atoms in total. The molecule has 2 N–H and O–H groups in total. The van der Waals surface area contributed by atoms with E-state index in [-0.39, 0.29) is 0 Å². The smallest absolute Gasteiger partial charge is 0.133 e. The maximum Gasteiger partial charge on any atom is 0.133 e. The Bertz CT molecular complexity index is 372. The molecule has 1 aliphatic rings. The van der Waals surface area contributed by atoms with Gasteiger partial charge in [-0.15, -0.1) is 0 Å². The summed E-state index contributed by atoms with van der Waals surface area (Å²) >= 11 is 0. The predicted octanol–water partition coefficient (Wildman–Crippen LogP) is 2.48. The van der Waals surface area contributed by atoms with Gasteiger partial charge in [0.05, 0.1) is 0 Å². The average molecular weight is 233 g/mol. The van der Waals surface area contributed by atoms with Gasteiger partial charge in [-0.3, -0.25) is 0 Å². The SMILES string of the molecule is CCN(CC1CCC1)c1nccc(C)c1CN. The highest BCUT2D eigenvalue weighted by atomic mass is 15.2. The van der Waals surface area contributed by atoms with E-state index in [1.54, 1.807) is 0 Å². The van der Waals surface area contributed by atoms with E-state index in [0.717, 1.165) is 24.8 Å². The fraction of sp³-hybridized carbons (Fsp3) is 0.643. The minimum Gasteiger partial charge on any atom is -0.356 e. The topological polar surface area (TPSA) is 42.2 Å². The number of hydrogen-bond donors (Lipinski definition) is 1. The summed E-state index contributed by atoms with van der Waals surface area (Å²) in [6.45, 7) is 7.05. The first-order chi connectivity index (χ1) is 8.26. The normalized spacial score (nSPS) is 15.7. The zero-order valence-electron chi connectivity index (χ0n) is 10.9. The summed E-state index contributed by atoms with van der Waals surface area (Å²) in [6.07, 6.45) is 6.04. The molecule has 1 aromatic rings. The van der Waals surface area contributed by atoms with Gasteiger partial charge in [0.2, 0.25) is 0 Å². The monoisotopic (exact) mass is 233 g/mol. The quantitative estimate of drug-likeness (QED) is 0.849. The molecule has 94 valence electrons. The van der Waals surface area contributed by atoms with Gasteiger partial charge in [0, 0.05) is 31.4 Å². The van der Waals surface area contributed by atoms with Crippen molar-refractivity contribution in [2.75, 3.05) is 18.0 Å². The highest BCUT2D eigenvalue weighted by Gasteiger charge is 2.22. The van der Waals surface area contributed by atoms with Crippen molar-refractivity contribution in [3.8, 4) is 0 Å². The molecule has 1 saturated carbocycles. The maximum atomic E-state index is 5.85. The lowest BCUT2D eigenvalue weighted by Crippen LogP contribution is -2.34. The van der Waals surface area contributed by atoms with Crippen LogP contribution in [0.4, 0.5) is 5.82 Å². The van der Waals surface area contributed by atoms with E-state index in [0.29, 0.717) is 6.54 Å². The zero-order chi connectivity index (χ0) is 12.3. The highest BCUT2D eigenvalue weighted by Crippen LogP contribution is 2.29. The van der Waals surface area contributed by atoms with Crippen molar-refractivity contribution in [1.82, 2.24) is 4.98 Å². The Kier molecular flexibility index (Phi) is 4.00. The molecule has 3 heteroatoms. The van der Waals surface area contributed by atoms with Gasteiger partial charge >= 0.3 is 0 Å². The van der Waals surface area contributed by atoms with E-state index < -0.39 is 0 Å². The van der Waals surface area contributed by atoms with E-state index in [2.05, 4.69) is 23.7 Å². The summed E-state index contributed by atoms with van der Waals surface area (Å²) < 4.78 is 0. The van der Waals surface area contributed by atoms with Crippen molar-refractivity contribution in [3.63, 3.8) is 0 Å². The summed E-state index contributed by atoms with van der Waals surface area (Å²) in [5.41, 5.74) is 8.31. The van der Waals surface area contributed by atoms with Crippen LogP contribution in [0.1, 0.15) is 37.3 Å². The summed E-state index contributed by atoms with van der Waals surface area (Å²) in [4.78, 5) is 6.93. The third-order valence-electron chi connectivity index (χ3n) is 3.86. The number of aromatic nitrogens is 1. The van der Waals surface area contributed by atoms with Gasteiger partial charge in [-0.2, -0.15) is 0 Å². The van der Waals surface area contributed by atoms with Crippen LogP contribution in [0.3, 0.4) is 0 Å². The molecule has 0 amide bonds. The van der Waals surface area contributed by atoms with Crippen LogP contribution < -0.4 is 10.6 Å². The molecule has 0 aromatic carbocycles. The van der Waals surface area contributed by atoms with Gasteiger partial charge in [0.25, 0.3) is 0 Å². The van der Waals surface area contributed by atoms with Crippen molar-refractivity contribution in [3.05, 3.63) is 23.4 Å². The van der Waals surface area contributed by atoms with Crippen molar-refractivity contribution in [2.45, 2.75) is 39.7 Å². The number of rotatable bonds is 5. The molecule has 0 bridgehead atoms. The molecule has 0 radical (unpaired) electrons. The van der Waals surface area contributed by atoms with Gasteiger partial charge in [0.15, 0.2) is 0 Å². The first-order valence-electron chi connectivity index (χ1n) is 6.65. The first-order valence-corrected chi connectivity index (χ1v) is 6.65. The molecule has 2 rings (SSSR count). The zero-order valence-corrected chi connectivity index (χ0v) is 10.9. The van der Waals surface area contributed by atoms with Gasteiger partial charge in [-0.05, 0) is 44.2 Å². The standard InChI is InChI=1S/C14H23N3/c1-3-17(10-12-5-4-6-12)14-13(9-15)11(2)7-8-16-14/h7-8,12H,3-6,9-10,15H2,1-2H3. The molecular weight excluding hydrogens is 210 g/mol. The van der Waals surface area contributed by atoms with E-state index in [9.17, 15) is 0 Å². The third-order valence-corrected chi connectivity index (χ3v) is 3.86. The Balaban J connectivity index is 2.19. The molecule has 0 atom stereocenters. The van der Waals surface area contributed by atoms with Crippen molar-refractivity contribution >= 4 is 5.82 Å².